The number of hydrogen-bond acceptors (Lipinski definition) is 5. The van der Waals surface area contributed by atoms with E-state index in [1.54, 1.807) is 24.3 Å². The van der Waals surface area contributed by atoms with Gasteiger partial charge in [0.05, 0.1) is 16.3 Å². The number of rotatable bonds is 5. The molecule has 2 aromatic carbocycles. The van der Waals surface area contributed by atoms with E-state index in [9.17, 15) is 13.5 Å². The lowest BCUT2D eigenvalue weighted by Crippen LogP contribution is -2.12. The van der Waals surface area contributed by atoms with Crippen molar-refractivity contribution in [2.45, 2.75) is 11.8 Å². The lowest BCUT2D eigenvalue weighted by atomic mass is 10.2. The van der Waals surface area contributed by atoms with Crippen molar-refractivity contribution in [1.82, 2.24) is 0 Å². The molecule has 7 heteroatoms. The van der Waals surface area contributed by atoms with Crippen molar-refractivity contribution in [2.24, 2.45) is 0 Å². The van der Waals surface area contributed by atoms with Gasteiger partial charge in [0, 0.05) is 6.26 Å². The SMILES string of the molecule is CSNc1cc(NS(=O)(=O)c2ccc(C)cc2)ccc1O. The maximum atomic E-state index is 12.3. The lowest BCUT2D eigenvalue weighted by Gasteiger charge is -2.11. The summed E-state index contributed by atoms with van der Waals surface area (Å²) in [6, 6.07) is 11.1. The molecule has 112 valence electrons. The highest BCUT2D eigenvalue weighted by molar-refractivity contribution is 7.99. The first-order valence-corrected chi connectivity index (χ1v) is 8.84. The summed E-state index contributed by atoms with van der Waals surface area (Å²) >= 11 is 1.31. The fourth-order valence-electron chi connectivity index (χ4n) is 1.72. The Morgan fingerprint density at radius 1 is 1.10 bits per heavy atom. The van der Waals surface area contributed by atoms with Gasteiger partial charge in [-0.2, -0.15) is 0 Å². The number of sulfonamides is 1. The van der Waals surface area contributed by atoms with Crippen LogP contribution in [0.15, 0.2) is 47.4 Å². The van der Waals surface area contributed by atoms with Crippen LogP contribution >= 0.6 is 11.9 Å². The average Bonchev–Trinajstić information content (AvgIpc) is 2.43. The van der Waals surface area contributed by atoms with Gasteiger partial charge in [0.1, 0.15) is 5.75 Å². The van der Waals surface area contributed by atoms with Gasteiger partial charge in [0.25, 0.3) is 10.0 Å². The highest BCUT2D eigenvalue weighted by Gasteiger charge is 2.14. The highest BCUT2D eigenvalue weighted by Crippen LogP contribution is 2.29. The van der Waals surface area contributed by atoms with Gasteiger partial charge in [-0.3, -0.25) is 4.72 Å². The zero-order valence-corrected chi connectivity index (χ0v) is 13.3. The number of phenols is 1. The van der Waals surface area contributed by atoms with Crippen molar-refractivity contribution in [3.63, 3.8) is 0 Å². The smallest absolute Gasteiger partial charge is 0.261 e. The van der Waals surface area contributed by atoms with Crippen LogP contribution < -0.4 is 9.44 Å². The molecule has 0 bridgehead atoms. The van der Waals surface area contributed by atoms with E-state index in [2.05, 4.69) is 9.44 Å². The molecule has 0 atom stereocenters. The number of anilines is 2. The molecule has 3 N–H and O–H groups in total. The third-order valence-electron chi connectivity index (χ3n) is 2.79. The van der Waals surface area contributed by atoms with Crippen LogP contribution in [0.2, 0.25) is 0 Å². The molecule has 0 spiro atoms. The first-order chi connectivity index (χ1) is 9.92. The molecule has 0 aromatic heterocycles. The molecule has 0 aliphatic rings. The zero-order chi connectivity index (χ0) is 15.5. The number of hydrogen-bond donors (Lipinski definition) is 3. The Labute approximate surface area is 128 Å². The molecule has 0 saturated heterocycles. The summed E-state index contributed by atoms with van der Waals surface area (Å²) in [5.74, 6) is 0.0580. The Bertz CT molecular complexity index is 728. The summed E-state index contributed by atoms with van der Waals surface area (Å²) in [7, 11) is -3.64. The third kappa shape index (κ3) is 3.83. The van der Waals surface area contributed by atoms with E-state index in [4.69, 9.17) is 0 Å². The molecule has 21 heavy (non-hydrogen) atoms. The summed E-state index contributed by atoms with van der Waals surface area (Å²) in [5, 5.41) is 9.66. The van der Waals surface area contributed by atoms with Gasteiger partial charge in [-0.1, -0.05) is 29.6 Å². The number of nitrogens with one attached hydrogen (secondary N) is 2. The minimum absolute atomic E-state index is 0.0580. The molecule has 0 amide bonds. The molecule has 0 aliphatic carbocycles. The quantitative estimate of drug-likeness (QED) is 0.447. The molecule has 0 radical (unpaired) electrons. The van der Waals surface area contributed by atoms with Gasteiger partial charge in [0.15, 0.2) is 0 Å². The van der Waals surface area contributed by atoms with Gasteiger partial charge < -0.3 is 9.83 Å². The molecule has 0 saturated carbocycles. The first-order valence-electron chi connectivity index (χ1n) is 6.14. The molecule has 2 aromatic rings. The summed E-state index contributed by atoms with van der Waals surface area (Å²) in [5.41, 5.74) is 1.82. The van der Waals surface area contributed by atoms with E-state index in [0.717, 1.165) is 5.56 Å². The van der Waals surface area contributed by atoms with Gasteiger partial charge in [-0.05, 0) is 37.3 Å². The topological polar surface area (TPSA) is 78.4 Å². The van der Waals surface area contributed by atoms with Crippen molar-refractivity contribution >= 4 is 33.3 Å². The molecular formula is C14H16N2O3S2. The summed E-state index contributed by atoms with van der Waals surface area (Å²) in [4.78, 5) is 0.195. The van der Waals surface area contributed by atoms with Crippen LogP contribution in [-0.2, 0) is 10.0 Å². The van der Waals surface area contributed by atoms with Crippen molar-refractivity contribution < 1.29 is 13.5 Å². The summed E-state index contributed by atoms with van der Waals surface area (Å²) in [6.07, 6.45) is 1.81. The second-order valence-corrected chi connectivity index (χ2v) is 6.75. The maximum Gasteiger partial charge on any atom is 0.261 e. The van der Waals surface area contributed by atoms with Crippen molar-refractivity contribution in [2.75, 3.05) is 15.7 Å². The van der Waals surface area contributed by atoms with Gasteiger partial charge in [-0.15, -0.1) is 0 Å². The average molecular weight is 324 g/mol. The monoisotopic (exact) mass is 324 g/mol. The van der Waals surface area contributed by atoms with Gasteiger partial charge in [0.2, 0.25) is 0 Å². The Hall–Kier alpha value is -1.86. The van der Waals surface area contributed by atoms with Gasteiger partial charge >= 0.3 is 0 Å². The number of benzene rings is 2. The van der Waals surface area contributed by atoms with Crippen LogP contribution in [0.4, 0.5) is 11.4 Å². The minimum Gasteiger partial charge on any atom is -0.506 e. The lowest BCUT2D eigenvalue weighted by molar-refractivity contribution is 0.478. The molecule has 0 fully saturated rings. The minimum atomic E-state index is -3.64. The second kappa shape index (κ2) is 6.28. The first kappa shape index (κ1) is 15.5. The third-order valence-corrected chi connectivity index (χ3v) is 4.61. The maximum absolute atomic E-state index is 12.3. The molecule has 0 heterocycles. The van der Waals surface area contributed by atoms with Crippen LogP contribution in [0.1, 0.15) is 5.56 Å². The van der Waals surface area contributed by atoms with Crippen LogP contribution in [-0.4, -0.2) is 19.8 Å². The van der Waals surface area contributed by atoms with E-state index >= 15 is 0 Å². The molecular weight excluding hydrogens is 308 g/mol. The van der Waals surface area contributed by atoms with E-state index in [0.29, 0.717) is 11.4 Å². The van der Waals surface area contributed by atoms with E-state index in [-0.39, 0.29) is 10.6 Å². The second-order valence-electron chi connectivity index (χ2n) is 4.46. The fraction of sp³-hybridized carbons (Fsp3) is 0.143. The number of aromatic hydroxyl groups is 1. The fourth-order valence-corrected chi connectivity index (χ4v) is 3.16. The molecule has 0 aliphatic heterocycles. The Balaban J connectivity index is 2.28. The molecule has 5 nitrogen and oxygen atoms in total. The van der Waals surface area contributed by atoms with Crippen LogP contribution in [0.3, 0.4) is 0 Å². The van der Waals surface area contributed by atoms with E-state index < -0.39 is 10.0 Å². The van der Waals surface area contributed by atoms with Crippen LogP contribution in [0.25, 0.3) is 0 Å². The Morgan fingerprint density at radius 3 is 2.38 bits per heavy atom. The summed E-state index contributed by atoms with van der Waals surface area (Å²) < 4.78 is 29.9. The summed E-state index contributed by atoms with van der Waals surface area (Å²) in [6.45, 7) is 1.89. The molecule has 0 unspecified atom stereocenters. The van der Waals surface area contributed by atoms with Crippen molar-refractivity contribution in [3.05, 3.63) is 48.0 Å². The standard InChI is InChI=1S/C14H16N2O3S2/c1-10-3-6-12(7-4-10)21(18,19)16-11-5-8-14(17)13(9-11)15-20-2/h3-9,15-17H,1-2H3. The zero-order valence-electron chi connectivity index (χ0n) is 11.6. The van der Waals surface area contributed by atoms with Crippen LogP contribution in [0.5, 0.6) is 5.75 Å². The van der Waals surface area contributed by atoms with Crippen LogP contribution in [0, 0.1) is 6.92 Å². The Kier molecular flexibility index (Phi) is 4.64. The number of phenolic OH excluding ortho intramolecular Hbond substituents is 1. The van der Waals surface area contributed by atoms with Crippen molar-refractivity contribution in [3.8, 4) is 5.75 Å². The molecule has 2 rings (SSSR count). The number of aryl methyl sites for hydroxylation is 1. The normalized spacial score (nSPS) is 11.1. The van der Waals surface area contributed by atoms with Crippen molar-refractivity contribution in [1.29, 1.82) is 0 Å². The Morgan fingerprint density at radius 2 is 1.76 bits per heavy atom. The van der Waals surface area contributed by atoms with Gasteiger partial charge in [-0.25, -0.2) is 8.42 Å². The largest absolute Gasteiger partial charge is 0.506 e. The predicted octanol–water partition coefficient (Wildman–Crippen LogP) is 3.19. The predicted molar refractivity (Wildman–Crippen MR) is 87.2 cm³/mol. The highest BCUT2D eigenvalue weighted by atomic mass is 32.2. The van der Waals surface area contributed by atoms with E-state index in [1.165, 1.54) is 30.1 Å². The van der Waals surface area contributed by atoms with E-state index in [1.807, 2.05) is 13.2 Å².